The normalized spacial score (nSPS) is 14.1. The lowest BCUT2D eigenvalue weighted by molar-refractivity contribution is 0.794. The molecule has 0 saturated heterocycles. The monoisotopic (exact) mass is 982 g/mol. The molecule has 2 aliphatic carbocycles. The number of thiophene rings is 1. The largest absolute Gasteiger partial charge is 0.310 e. The van der Waals surface area contributed by atoms with Crippen LogP contribution >= 0.6 is 11.3 Å². The van der Waals surface area contributed by atoms with Crippen molar-refractivity contribution in [3.05, 3.63) is 301 Å². The van der Waals surface area contributed by atoms with Crippen LogP contribution in [-0.4, -0.2) is 4.57 Å². The van der Waals surface area contributed by atoms with Crippen molar-refractivity contribution in [3.8, 4) is 61.3 Å². The van der Waals surface area contributed by atoms with E-state index in [4.69, 9.17) is 0 Å². The molecular formula is C73H46N2S. The number of para-hydroxylation sites is 2. The minimum absolute atomic E-state index is 0.472. The van der Waals surface area contributed by atoms with Crippen molar-refractivity contribution in [3.63, 3.8) is 0 Å². The number of aromatic nitrogens is 1. The number of hydrogen-bond acceptors (Lipinski definition) is 2. The maximum absolute atomic E-state index is 2.45. The topological polar surface area (TPSA) is 8.17 Å². The van der Waals surface area contributed by atoms with Gasteiger partial charge in [-0.1, -0.05) is 200 Å². The van der Waals surface area contributed by atoms with Crippen molar-refractivity contribution in [2.45, 2.75) is 5.41 Å². The summed E-state index contributed by atoms with van der Waals surface area (Å²) in [7, 11) is 0. The predicted octanol–water partition coefficient (Wildman–Crippen LogP) is 20.0. The Kier molecular flexibility index (Phi) is 9.45. The van der Waals surface area contributed by atoms with Crippen molar-refractivity contribution in [1.82, 2.24) is 4.57 Å². The van der Waals surface area contributed by atoms with E-state index in [9.17, 15) is 0 Å². The summed E-state index contributed by atoms with van der Waals surface area (Å²) in [5.41, 5.74) is 24.2. The quantitative estimate of drug-likeness (QED) is 0.154. The Bertz CT molecular complexity index is 4620. The summed E-state index contributed by atoms with van der Waals surface area (Å²) in [6.45, 7) is 0. The summed E-state index contributed by atoms with van der Waals surface area (Å²) in [4.78, 5) is 2.41. The van der Waals surface area contributed by atoms with E-state index in [0.29, 0.717) is 0 Å². The van der Waals surface area contributed by atoms with Crippen LogP contribution in [0.1, 0.15) is 22.3 Å². The molecule has 16 rings (SSSR count). The van der Waals surface area contributed by atoms with Gasteiger partial charge in [-0.05, 0) is 157 Å². The van der Waals surface area contributed by atoms with Crippen molar-refractivity contribution in [1.29, 1.82) is 0 Å². The molecule has 0 fully saturated rings. The molecule has 2 nitrogen and oxygen atoms in total. The number of benzene rings is 12. The highest BCUT2D eigenvalue weighted by molar-refractivity contribution is 7.26. The summed E-state index contributed by atoms with van der Waals surface area (Å²) in [5.74, 6) is 0. The van der Waals surface area contributed by atoms with Crippen LogP contribution in [0.15, 0.2) is 279 Å². The SMILES string of the molecule is c1ccc(-c2ccc(N(c3ccc(-c4ccc5c(c4)c4ccccc4n5-c4ccccc4)cc3)c3cccc(-c4cccc5c4-c4ccccc4C54c5ccccc5-c5c4ccc4sc6ccccc6c54)c3)cc2)cc1. The van der Waals surface area contributed by atoms with E-state index in [1.54, 1.807) is 0 Å². The van der Waals surface area contributed by atoms with Crippen LogP contribution in [0.4, 0.5) is 17.1 Å². The fourth-order valence-corrected chi connectivity index (χ4v) is 14.3. The number of rotatable bonds is 7. The maximum Gasteiger partial charge on any atom is 0.0726 e. The first-order chi connectivity index (χ1) is 37.7. The average molecular weight is 983 g/mol. The molecule has 354 valence electrons. The number of anilines is 3. The molecule has 76 heavy (non-hydrogen) atoms. The molecule has 0 amide bonds. The van der Waals surface area contributed by atoms with E-state index < -0.39 is 5.41 Å². The maximum atomic E-state index is 2.45. The standard InChI is InChI=1S/C73H46N2S/c1-3-17-47(18-4-1)48-33-38-53(39-34-48)74(54-40-35-49(36-41-54)50-37-43-67-61(46-50)57-23-9-13-31-66(57)75(67)52-20-5-2-6-21-52)55-22-15-19-51(45-55)56-27-16-30-64-70(56)58-24-7-11-28-62(58)73(64)63-29-12-8-25-59(63)71-65(73)42-44-69-72(71)60-26-10-14-32-68(60)76-69/h1-46H. The van der Waals surface area contributed by atoms with Gasteiger partial charge in [0.2, 0.25) is 0 Å². The molecule has 1 spiro atoms. The summed E-state index contributed by atoms with van der Waals surface area (Å²) in [5, 5.41) is 5.20. The van der Waals surface area contributed by atoms with E-state index in [-0.39, 0.29) is 0 Å². The van der Waals surface area contributed by atoms with E-state index in [1.807, 2.05) is 11.3 Å². The first-order valence-electron chi connectivity index (χ1n) is 26.2. The summed E-state index contributed by atoms with van der Waals surface area (Å²) in [6, 6.07) is 104. The zero-order valence-corrected chi connectivity index (χ0v) is 42.2. The molecule has 12 aromatic carbocycles. The first-order valence-corrected chi connectivity index (χ1v) is 27.1. The molecule has 0 saturated carbocycles. The Hall–Kier alpha value is -9.54. The average Bonchev–Trinajstić information content (AvgIpc) is 4.42. The van der Waals surface area contributed by atoms with Crippen molar-refractivity contribution in [2.24, 2.45) is 0 Å². The molecule has 1 atom stereocenters. The van der Waals surface area contributed by atoms with Crippen LogP contribution in [0.5, 0.6) is 0 Å². The third-order valence-electron chi connectivity index (χ3n) is 16.4. The van der Waals surface area contributed by atoms with Gasteiger partial charge in [0, 0.05) is 53.7 Å². The third kappa shape index (κ3) is 6.21. The Morgan fingerprint density at radius 2 is 0.842 bits per heavy atom. The Labute approximate surface area is 445 Å². The predicted molar refractivity (Wildman–Crippen MR) is 321 cm³/mol. The molecule has 3 heteroatoms. The molecule has 2 aliphatic rings. The van der Waals surface area contributed by atoms with E-state index in [2.05, 4.69) is 289 Å². The molecule has 14 aromatic rings. The fraction of sp³-hybridized carbons (Fsp3) is 0.0137. The molecule has 0 radical (unpaired) electrons. The summed E-state index contributed by atoms with van der Waals surface area (Å²) < 4.78 is 5.05. The van der Waals surface area contributed by atoms with Gasteiger partial charge in [0.25, 0.3) is 0 Å². The van der Waals surface area contributed by atoms with Crippen molar-refractivity contribution >= 4 is 70.4 Å². The molecule has 2 aromatic heterocycles. The van der Waals surface area contributed by atoms with Gasteiger partial charge < -0.3 is 9.47 Å². The van der Waals surface area contributed by atoms with Crippen LogP contribution in [0.3, 0.4) is 0 Å². The van der Waals surface area contributed by atoms with Gasteiger partial charge in [0.15, 0.2) is 0 Å². The first kappa shape index (κ1) is 42.9. The van der Waals surface area contributed by atoms with Gasteiger partial charge in [-0.25, -0.2) is 0 Å². The molecule has 0 N–H and O–H groups in total. The summed E-state index contributed by atoms with van der Waals surface area (Å²) in [6.07, 6.45) is 0. The second-order valence-corrected chi connectivity index (χ2v) is 21.4. The second-order valence-electron chi connectivity index (χ2n) is 20.3. The van der Waals surface area contributed by atoms with Gasteiger partial charge in [0.05, 0.1) is 16.4 Å². The van der Waals surface area contributed by atoms with Crippen LogP contribution in [0, 0.1) is 0 Å². The van der Waals surface area contributed by atoms with Gasteiger partial charge in [-0.3, -0.25) is 0 Å². The van der Waals surface area contributed by atoms with Gasteiger partial charge >= 0.3 is 0 Å². The van der Waals surface area contributed by atoms with Crippen LogP contribution < -0.4 is 4.90 Å². The zero-order chi connectivity index (χ0) is 49.9. The van der Waals surface area contributed by atoms with Crippen LogP contribution in [0.2, 0.25) is 0 Å². The summed E-state index contributed by atoms with van der Waals surface area (Å²) >= 11 is 1.90. The highest BCUT2D eigenvalue weighted by Crippen LogP contribution is 2.65. The van der Waals surface area contributed by atoms with Gasteiger partial charge in [0.1, 0.15) is 0 Å². The number of fused-ring (bicyclic) bond motifs is 17. The lowest BCUT2D eigenvalue weighted by Gasteiger charge is -2.30. The van der Waals surface area contributed by atoms with Gasteiger partial charge in [-0.2, -0.15) is 0 Å². The number of hydrogen-bond donors (Lipinski definition) is 0. The van der Waals surface area contributed by atoms with Crippen molar-refractivity contribution in [2.75, 3.05) is 4.90 Å². The van der Waals surface area contributed by atoms with E-state index in [0.717, 1.165) is 22.7 Å². The van der Waals surface area contributed by atoms with E-state index in [1.165, 1.54) is 120 Å². The van der Waals surface area contributed by atoms with Crippen molar-refractivity contribution < 1.29 is 0 Å². The highest BCUT2D eigenvalue weighted by atomic mass is 32.1. The van der Waals surface area contributed by atoms with Crippen LogP contribution in [-0.2, 0) is 5.41 Å². The minimum Gasteiger partial charge on any atom is -0.310 e. The zero-order valence-electron chi connectivity index (χ0n) is 41.4. The third-order valence-corrected chi connectivity index (χ3v) is 17.5. The second kappa shape index (κ2) is 16.7. The Morgan fingerprint density at radius 1 is 0.303 bits per heavy atom. The number of nitrogens with zero attached hydrogens (tertiary/aromatic N) is 2. The molecule has 2 heterocycles. The van der Waals surface area contributed by atoms with Gasteiger partial charge in [-0.15, -0.1) is 11.3 Å². The van der Waals surface area contributed by atoms with Crippen LogP contribution in [0.25, 0.3) is 103 Å². The molecule has 0 aliphatic heterocycles. The lowest BCUT2D eigenvalue weighted by Crippen LogP contribution is -2.25. The molecule has 1 unspecified atom stereocenters. The smallest absolute Gasteiger partial charge is 0.0726 e. The molecular weight excluding hydrogens is 937 g/mol. The Balaban J connectivity index is 0.842. The highest BCUT2D eigenvalue weighted by Gasteiger charge is 2.52. The minimum atomic E-state index is -0.472. The fourth-order valence-electron chi connectivity index (χ4n) is 13.2. The lowest BCUT2D eigenvalue weighted by atomic mass is 9.70. The van der Waals surface area contributed by atoms with E-state index >= 15 is 0 Å². The molecule has 0 bridgehead atoms. The Morgan fingerprint density at radius 3 is 1.61 bits per heavy atom.